The summed E-state index contributed by atoms with van der Waals surface area (Å²) in [5.74, 6) is 1.88. The maximum atomic E-state index is 5.81. The molecule has 1 heterocycles. The number of hydrogen-bond donors (Lipinski definition) is 0. The van der Waals surface area contributed by atoms with Crippen molar-refractivity contribution in [3.63, 3.8) is 0 Å². The second kappa shape index (κ2) is 16.8. The number of fused-ring (bicyclic) bond motifs is 2. The van der Waals surface area contributed by atoms with Gasteiger partial charge >= 0.3 is 41.9 Å². The second-order valence-corrected chi connectivity index (χ2v) is 21.2. The number of halogens is 2. The normalized spacial score (nSPS) is 10.3. The molecular weight excluding hydrogens is 699 g/mol. The molecule has 0 atom stereocenters. The molecule has 5 heteroatoms. The van der Waals surface area contributed by atoms with Gasteiger partial charge in [0.2, 0.25) is 0 Å². The molecule has 0 aliphatic rings. The van der Waals surface area contributed by atoms with Crippen LogP contribution in [0.15, 0.2) is 120 Å². The Morgan fingerprint density at radius 1 is 0.609 bits per heavy atom. The molecule has 6 aromatic carbocycles. The Labute approximate surface area is 302 Å². The predicted octanol–water partition coefficient (Wildman–Crippen LogP) is 12.9. The number of hydrogen-bond acceptors (Lipinski definition) is 1. The van der Waals surface area contributed by atoms with Gasteiger partial charge in [-0.1, -0.05) is 94.0 Å². The van der Waals surface area contributed by atoms with Gasteiger partial charge in [0.25, 0.3) is 0 Å². The summed E-state index contributed by atoms with van der Waals surface area (Å²) in [6, 6.07) is 40.9. The van der Waals surface area contributed by atoms with Crippen LogP contribution in [0.2, 0.25) is 13.1 Å². The number of furan rings is 1. The standard InChI is InChI=1S/C22H19O.C17H15.C2H6Si.2ClH.Zr/c1-14-11-18-12-19(21-10-9-15(2)23-21)13-20(18)22(16(14)3)17-7-5-4-6-8-17;1-12-11-15-9-6-10-16(15)17(13(12)2)14-7-4-3-5-8-14;1-3-2;;;/h4-13H,1-3H3;3-11H,1-2H3;1-2H3;2*1H;/q2*-1;;;;+2. The molecule has 7 rings (SSSR count). The number of rotatable bonds is 3. The van der Waals surface area contributed by atoms with Crippen molar-refractivity contribution in [3.8, 4) is 33.6 Å². The van der Waals surface area contributed by atoms with E-state index in [0.717, 1.165) is 17.1 Å². The summed E-state index contributed by atoms with van der Waals surface area (Å²) in [7, 11) is 0. The minimum atomic E-state index is 0. The van der Waals surface area contributed by atoms with E-state index in [1.54, 1.807) is 23.3 Å². The van der Waals surface area contributed by atoms with Gasteiger partial charge in [-0.15, -0.1) is 76.7 Å². The largest absolute Gasteiger partial charge is 0.496 e. The minimum absolute atomic E-state index is 0. The Morgan fingerprint density at radius 3 is 1.61 bits per heavy atom. The monoisotopic (exact) mass is 738 g/mol. The molecular formula is C41H42Cl2OSiZr. The molecule has 0 unspecified atom stereocenters. The maximum Gasteiger partial charge on any atom is 0.0896 e. The molecule has 0 spiro atoms. The van der Waals surface area contributed by atoms with E-state index in [2.05, 4.69) is 144 Å². The first-order valence-corrected chi connectivity index (χ1v) is 21.4. The van der Waals surface area contributed by atoms with Crippen molar-refractivity contribution < 1.29 is 27.8 Å². The van der Waals surface area contributed by atoms with Crippen LogP contribution < -0.4 is 0 Å². The van der Waals surface area contributed by atoms with Crippen molar-refractivity contribution in [2.75, 3.05) is 0 Å². The quantitative estimate of drug-likeness (QED) is 0.130. The summed E-state index contributed by atoms with van der Waals surface area (Å²) in [4.78, 5) is 0. The SMILES string of the molecule is C[Si](C)=[Zr+2].Cc1cc2[cH-]ccc2c(-c2ccccc2)c1C.Cc1ccc(-c2cc3c(-c4ccccc4)c(C)c(C)cc3[cH-]2)o1.Cl.Cl. The van der Waals surface area contributed by atoms with E-state index in [9.17, 15) is 0 Å². The van der Waals surface area contributed by atoms with Crippen molar-refractivity contribution in [1.29, 1.82) is 0 Å². The molecule has 0 saturated heterocycles. The first-order valence-electron chi connectivity index (χ1n) is 15.2. The minimum Gasteiger partial charge on any atom is -0.496 e. The van der Waals surface area contributed by atoms with Gasteiger partial charge in [0.15, 0.2) is 0 Å². The van der Waals surface area contributed by atoms with Crippen molar-refractivity contribution in [1.82, 2.24) is 0 Å². The van der Waals surface area contributed by atoms with Crippen molar-refractivity contribution in [2.24, 2.45) is 0 Å². The summed E-state index contributed by atoms with van der Waals surface area (Å²) in [5, 5.41) is 5.27. The first kappa shape index (κ1) is 37.5. The van der Waals surface area contributed by atoms with Gasteiger partial charge in [-0.2, -0.15) is 12.1 Å². The molecule has 0 fully saturated rings. The summed E-state index contributed by atoms with van der Waals surface area (Å²) < 4.78 is 5.81. The first-order chi connectivity index (χ1) is 21.1. The van der Waals surface area contributed by atoms with Crippen molar-refractivity contribution >= 4 is 51.8 Å². The Balaban J connectivity index is 0.000000223. The molecule has 46 heavy (non-hydrogen) atoms. The van der Waals surface area contributed by atoms with Gasteiger partial charge in [0, 0.05) is 0 Å². The average molecular weight is 741 g/mol. The van der Waals surface area contributed by atoms with Crippen LogP contribution in [-0.4, -0.2) is 5.43 Å². The summed E-state index contributed by atoms with van der Waals surface area (Å²) in [5.41, 5.74) is 12.1. The predicted molar refractivity (Wildman–Crippen MR) is 203 cm³/mol. The Kier molecular flexibility index (Phi) is 13.7. The topological polar surface area (TPSA) is 13.1 Å². The number of aryl methyl sites for hydroxylation is 3. The van der Waals surface area contributed by atoms with Gasteiger partial charge in [-0.25, -0.2) is 0 Å². The average Bonchev–Trinajstić information content (AvgIpc) is 3.75. The Morgan fingerprint density at radius 2 is 1.11 bits per heavy atom. The van der Waals surface area contributed by atoms with E-state index in [4.69, 9.17) is 4.42 Å². The molecule has 0 aliphatic heterocycles. The molecule has 0 bridgehead atoms. The molecule has 1 nitrogen and oxygen atoms in total. The third-order valence-corrected chi connectivity index (χ3v) is 8.14. The molecule has 0 aliphatic carbocycles. The van der Waals surface area contributed by atoms with Crippen LogP contribution in [0.5, 0.6) is 0 Å². The van der Waals surface area contributed by atoms with Crippen LogP contribution in [0.1, 0.15) is 28.0 Å². The van der Waals surface area contributed by atoms with E-state index < -0.39 is 0 Å². The molecule has 234 valence electrons. The number of benzene rings is 4. The molecule has 0 radical (unpaired) electrons. The maximum absolute atomic E-state index is 5.81. The summed E-state index contributed by atoms with van der Waals surface area (Å²) >= 11 is 1.74. The zero-order chi connectivity index (χ0) is 31.4. The van der Waals surface area contributed by atoms with E-state index >= 15 is 0 Å². The van der Waals surface area contributed by atoms with E-state index in [-0.39, 0.29) is 30.2 Å². The Bertz CT molecular complexity index is 2050. The van der Waals surface area contributed by atoms with Gasteiger partial charge in [-0.05, 0) is 63.4 Å². The fourth-order valence-electron chi connectivity index (χ4n) is 5.82. The Hall–Kier alpha value is -2.94. The van der Waals surface area contributed by atoms with Crippen LogP contribution in [0.25, 0.3) is 55.1 Å². The molecule has 7 aromatic rings. The van der Waals surface area contributed by atoms with Crippen LogP contribution in [0.3, 0.4) is 0 Å². The van der Waals surface area contributed by atoms with Crippen LogP contribution in [0.4, 0.5) is 0 Å². The molecule has 0 N–H and O–H groups in total. The van der Waals surface area contributed by atoms with Gasteiger partial charge in [0.1, 0.15) is 0 Å². The zero-order valence-electron chi connectivity index (χ0n) is 27.7. The fourth-order valence-corrected chi connectivity index (χ4v) is 5.82. The molecule has 0 amide bonds. The zero-order valence-corrected chi connectivity index (χ0v) is 32.8. The van der Waals surface area contributed by atoms with Crippen LogP contribution in [-0.2, 0) is 23.3 Å². The van der Waals surface area contributed by atoms with E-state index in [1.165, 1.54) is 66.1 Å². The molecule has 1 aromatic heterocycles. The summed E-state index contributed by atoms with van der Waals surface area (Å²) in [6.45, 7) is 15.4. The van der Waals surface area contributed by atoms with Crippen LogP contribution in [0, 0.1) is 34.6 Å². The van der Waals surface area contributed by atoms with Gasteiger partial charge in [-0.3, -0.25) is 0 Å². The van der Waals surface area contributed by atoms with Gasteiger partial charge in [0.05, 0.1) is 11.5 Å². The van der Waals surface area contributed by atoms with Crippen molar-refractivity contribution in [3.05, 3.63) is 143 Å². The summed E-state index contributed by atoms with van der Waals surface area (Å²) in [6.07, 6.45) is 0. The van der Waals surface area contributed by atoms with Crippen LogP contribution >= 0.6 is 24.8 Å². The fraction of sp³-hybridized carbons (Fsp3) is 0.171. The smallest absolute Gasteiger partial charge is 0.0896 e. The third kappa shape index (κ3) is 8.50. The van der Waals surface area contributed by atoms with E-state index in [0.29, 0.717) is 0 Å². The molecule has 0 saturated carbocycles. The third-order valence-electron chi connectivity index (χ3n) is 8.14. The van der Waals surface area contributed by atoms with Gasteiger partial charge < -0.3 is 4.42 Å². The van der Waals surface area contributed by atoms with Crippen molar-refractivity contribution in [2.45, 2.75) is 47.7 Å². The van der Waals surface area contributed by atoms with E-state index in [1.807, 2.05) is 19.1 Å². The second-order valence-electron chi connectivity index (χ2n) is 11.8.